The number of hydrogen-bond acceptors (Lipinski definition) is 5. The van der Waals surface area contributed by atoms with Gasteiger partial charge in [0.05, 0.1) is 17.2 Å². The van der Waals surface area contributed by atoms with Gasteiger partial charge in [-0.2, -0.15) is 0 Å². The molecule has 3 heterocycles. The number of hydrogen-bond donors (Lipinski definition) is 2. The van der Waals surface area contributed by atoms with Gasteiger partial charge in [0.1, 0.15) is 5.82 Å². The third-order valence-corrected chi connectivity index (χ3v) is 6.09. The number of halogens is 1. The quantitative estimate of drug-likeness (QED) is 0.360. The van der Waals surface area contributed by atoms with Crippen LogP contribution in [0.25, 0.3) is 0 Å². The molecular weight excluding hydrogens is 483 g/mol. The van der Waals surface area contributed by atoms with E-state index >= 15 is 0 Å². The van der Waals surface area contributed by atoms with Crippen molar-refractivity contribution in [3.05, 3.63) is 39.5 Å². The van der Waals surface area contributed by atoms with E-state index in [9.17, 15) is 0 Å². The molecule has 2 aromatic heterocycles. The molecular formula is C20H31IN6S. The monoisotopic (exact) mass is 514 g/mol. The van der Waals surface area contributed by atoms with Crippen LogP contribution in [0.15, 0.2) is 23.3 Å². The maximum Gasteiger partial charge on any atom is 0.191 e. The van der Waals surface area contributed by atoms with Gasteiger partial charge < -0.3 is 15.5 Å². The van der Waals surface area contributed by atoms with Crippen LogP contribution in [-0.2, 0) is 13.1 Å². The fraction of sp³-hybridized carbons (Fsp3) is 0.550. The SMILES string of the molecule is CN=C(NCc1ccc(N2CCC(C)CC2)nc1)NCc1sc(C)nc1C.I. The largest absolute Gasteiger partial charge is 0.357 e. The zero-order valence-corrected chi connectivity index (χ0v) is 20.3. The maximum atomic E-state index is 4.66. The first-order valence-corrected chi connectivity index (χ1v) is 10.4. The number of nitrogens with one attached hydrogen (secondary N) is 2. The Bertz CT molecular complexity index is 766. The molecule has 1 fully saturated rings. The first kappa shape index (κ1) is 22.9. The van der Waals surface area contributed by atoms with Crippen LogP contribution in [0.2, 0.25) is 0 Å². The Kier molecular flexibility index (Phi) is 8.94. The molecule has 28 heavy (non-hydrogen) atoms. The van der Waals surface area contributed by atoms with E-state index in [1.807, 2.05) is 20.0 Å². The van der Waals surface area contributed by atoms with Gasteiger partial charge in [-0.05, 0) is 44.2 Å². The summed E-state index contributed by atoms with van der Waals surface area (Å²) in [4.78, 5) is 17.1. The van der Waals surface area contributed by atoms with Gasteiger partial charge in [0.15, 0.2) is 5.96 Å². The Hall–Kier alpha value is -1.42. The van der Waals surface area contributed by atoms with Gasteiger partial charge in [-0.1, -0.05) is 13.0 Å². The average molecular weight is 514 g/mol. The first-order valence-electron chi connectivity index (χ1n) is 9.62. The number of thiazole rings is 1. The molecule has 0 aromatic carbocycles. The van der Waals surface area contributed by atoms with Crippen LogP contribution in [0.5, 0.6) is 0 Å². The fourth-order valence-electron chi connectivity index (χ4n) is 3.25. The molecule has 154 valence electrons. The van der Waals surface area contributed by atoms with Gasteiger partial charge in [0.2, 0.25) is 0 Å². The minimum Gasteiger partial charge on any atom is -0.357 e. The number of nitrogens with zero attached hydrogens (tertiary/aromatic N) is 4. The number of aliphatic imine (C=N–C) groups is 1. The van der Waals surface area contributed by atoms with E-state index in [1.165, 1.54) is 17.7 Å². The molecule has 6 nitrogen and oxygen atoms in total. The lowest BCUT2D eigenvalue weighted by atomic mass is 9.99. The summed E-state index contributed by atoms with van der Waals surface area (Å²) in [5, 5.41) is 7.81. The highest BCUT2D eigenvalue weighted by Gasteiger charge is 2.16. The smallest absolute Gasteiger partial charge is 0.191 e. The first-order chi connectivity index (χ1) is 13.0. The van der Waals surface area contributed by atoms with Crippen LogP contribution in [0.3, 0.4) is 0 Å². The third kappa shape index (κ3) is 6.30. The van der Waals surface area contributed by atoms with Gasteiger partial charge in [-0.25, -0.2) is 9.97 Å². The molecule has 2 aromatic rings. The molecule has 1 aliphatic rings. The molecule has 0 aliphatic carbocycles. The number of rotatable bonds is 5. The molecule has 8 heteroatoms. The van der Waals surface area contributed by atoms with Crippen LogP contribution in [0, 0.1) is 19.8 Å². The van der Waals surface area contributed by atoms with Crippen LogP contribution < -0.4 is 15.5 Å². The topological polar surface area (TPSA) is 65.4 Å². The third-order valence-electron chi connectivity index (χ3n) is 5.02. The van der Waals surface area contributed by atoms with Crippen LogP contribution in [0.1, 0.15) is 40.9 Å². The predicted octanol–water partition coefficient (Wildman–Crippen LogP) is 3.87. The summed E-state index contributed by atoms with van der Waals surface area (Å²) in [5.41, 5.74) is 2.24. The lowest BCUT2D eigenvalue weighted by molar-refractivity contribution is 0.436. The lowest BCUT2D eigenvalue weighted by Crippen LogP contribution is -2.36. The van der Waals surface area contributed by atoms with Crippen molar-refractivity contribution in [2.24, 2.45) is 10.9 Å². The number of aromatic nitrogens is 2. The summed E-state index contributed by atoms with van der Waals surface area (Å²) in [6, 6.07) is 4.28. The van der Waals surface area contributed by atoms with Crippen molar-refractivity contribution in [1.82, 2.24) is 20.6 Å². The summed E-state index contributed by atoms with van der Waals surface area (Å²) >= 11 is 1.73. The van der Waals surface area contributed by atoms with Crippen molar-refractivity contribution in [2.45, 2.75) is 46.7 Å². The van der Waals surface area contributed by atoms with Crippen LogP contribution in [0.4, 0.5) is 5.82 Å². The Balaban J connectivity index is 0.00000280. The summed E-state index contributed by atoms with van der Waals surface area (Å²) in [6.45, 7) is 10.1. The van der Waals surface area contributed by atoms with Gasteiger partial charge >= 0.3 is 0 Å². The normalized spacial score (nSPS) is 15.3. The van der Waals surface area contributed by atoms with Gasteiger partial charge in [-0.3, -0.25) is 4.99 Å². The van der Waals surface area contributed by atoms with E-state index in [2.05, 4.69) is 49.6 Å². The minimum absolute atomic E-state index is 0. The molecule has 1 aliphatic heterocycles. The summed E-state index contributed by atoms with van der Waals surface area (Å²) in [5.74, 6) is 2.71. The molecule has 0 amide bonds. The number of aryl methyl sites for hydroxylation is 2. The molecule has 0 saturated carbocycles. The highest BCUT2D eigenvalue weighted by Crippen LogP contribution is 2.21. The van der Waals surface area contributed by atoms with Gasteiger partial charge in [0.25, 0.3) is 0 Å². The number of pyridine rings is 1. The Morgan fingerprint density at radius 1 is 1.21 bits per heavy atom. The molecule has 0 atom stereocenters. The molecule has 0 spiro atoms. The van der Waals surface area contributed by atoms with E-state index in [0.29, 0.717) is 6.54 Å². The standard InChI is InChI=1S/C20H30N6S.HI/c1-14-7-9-26(10-8-14)19-6-5-17(11-22-19)12-23-20(21-4)24-13-18-15(2)25-16(3)27-18;/h5-6,11,14H,7-10,12-13H2,1-4H3,(H2,21,23,24);1H. The Morgan fingerprint density at radius 2 is 1.93 bits per heavy atom. The van der Waals surface area contributed by atoms with E-state index in [-0.39, 0.29) is 24.0 Å². The van der Waals surface area contributed by atoms with Crippen molar-refractivity contribution in [3.8, 4) is 0 Å². The van der Waals surface area contributed by atoms with Crippen LogP contribution >= 0.6 is 35.3 Å². The highest BCUT2D eigenvalue weighted by atomic mass is 127. The number of guanidine groups is 1. The molecule has 3 rings (SSSR count). The lowest BCUT2D eigenvalue weighted by Gasteiger charge is -2.31. The zero-order chi connectivity index (χ0) is 19.2. The Labute approximate surface area is 189 Å². The summed E-state index contributed by atoms with van der Waals surface area (Å²) in [7, 11) is 1.79. The van der Waals surface area contributed by atoms with Crippen molar-refractivity contribution in [3.63, 3.8) is 0 Å². The van der Waals surface area contributed by atoms with E-state index in [4.69, 9.17) is 0 Å². The van der Waals surface area contributed by atoms with E-state index < -0.39 is 0 Å². The predicted molar refractivity (Wildman–Crippen MR) is 129 cm³/mol. The molecule has 0 radical (unpaired) electrons. The molecule has 2 N–H and O–H groups in total. The molecule has 1 saturated heterocycles. The average Bonchev–Trinajstić information content (AvgIpc) is 3.00. The van der Waals surface area contributed by atoms with Crippen molar-refractivity contribution in [2.75, 3.05) is 25.0 Å². The molecule has 0 unspecified atom stereocenters. The highest BCUT2D eigenvalue weighted by molar-refractivity contribution is 14.0. The van der Waals surface area contributed by atoms with Crippen molar-refractivity contribution >= 4 is 47.1 Å². The Morgan fingerprint density at radius 3 is 2.50 bits per heavy atom. The molecule has 0 bridgehead atoms. The van der Waals surface area contributed by atoms with Gasteiger partial charge in [-0.15, -0.1) is 35.3 Å². The zero-order valence-electron chi connectivity index (χ0n) is 17.2. The maximum absolute atomic E-state index is 4.66. The number of anilines is 1. The summed E-state index contributed by atoms with van der Waals surface area (Å²) < 4.78 is 0. The second-order valence-electron chi connectivity index (χ2n) is 7.22. The fourth-order valence-corrected chi connectivity index (χ4v) is 4.13. The second kappa shape index (κ2) is 10.9. The number of piperidine rings is 1. The van der Waals surface area contributed by atoms with E-state index in [0.717, 1.165) is 53.6 Å². The minimum atomic E-state index is 0. The summed E-state index contributed by atoms with van der Waals surface area (Å²) in [6.07, 6.45) is 4.47. The van der Waals surface area contributed by atoms with E-state index in [1.54, 1.807) is 18.4 Å². The van der Waals surface area contributed by atoms with Crippen LogP contribution in [-0.4, -0.2) is 36.1 Å². The van der Waals surface area contributed by atoms with Gasteiger partial charge in [0, 0.05) is 37.8 Å². The van der Waals surface area contributed by atoms with Crippen molar-refractivity contribution < 1.29 is 0 Å². The second-order valence-corrected chi connectivity index (χ2v) is 8.50. The van der Waals surface area contributed by atoms with Crippen molar-refractivity contribution in [1.29, 1.82) is 0 Å².